The van der Waals surface area contributed by atoms with Crippen molar-refractivity contribution in [3.63, 3.8) is 0 Å². The number of amides is 1. The zero-order valence-electron chi connectivity index (χ0n) is 13.6. The van der Waals surface area contributed by atoms with Gasteiger partial charge in [-0.1, -0.05) is 32.9 Å². The van der Waals surface area contributed by atoms with Gasteiger partial charge in [0.2, 0.25) is 11.8 Å². The number of oxazole rings is 1. The van der Waals surface area contributed by atoms with Gasteiger partial charge in [0.05, 0.1) is 12.7 Å². The predicted octanol–water partition coefficient (Wildman–Crippen LogP) is 2.70. The van der Waals surface area contributed by atoms with Gasteiger partial charge >= 0.3 is 0 Å². The minimum absolute atomic E-state index is 0.0420. The maximum atomic E-state index is 11.2. The molecule has 0 aliphatic carbocycles. The molecule has 0 spiro atoms. The Morgan fingerprint density at radius 2 is 2.05 bits per heavy atom. The largest absolute Gasteiger partial charge is 0.444 e. The van der Waals surface area contributed by atoms with E-state index in [4.69, 9.17) is 10.2 Å². The summed E-state index contributed by atoms with van der Waals surface area (Å²) in [5, 5.41) is 0. The van der Waals surface area contributed by atoms with E-state index in [9.17, 15) is 4.79 Å². The van der Waals surface area contributed by atoms with Gasteiger partial charge in [0.1, 0.15) is 5.76 Å². The van der Waals surface area contributed by atoms with Crippen molar-refractivity contribution in [2.75, 3.05) is 7.05 Å². The number of nitrogens with zero attached hydrogens (tertiary/aromatic N) is 2. The third-order valence-corrected chi connectivity index (χ3v) is 3.36. The van der Waals surface area contributed by atoms with Gasteiger partial charge in [-0.15, -0.1) is 0 Å². The van der Waals surface area contributed by atoms with Crippen molar-refractivity contribution in [3.05, 3.63) is 53.2 Å². The van der Waals surface area contributed by atoms with Gasteiger partial charge in [0.25, 0.3) is 0 Å². The molecule has 118 valence electrons. The van der Waals surface area contributed by atoms with E-state index < -0.39 is 5.91 Å². The summed E-state index contributed by atoms with van der Waals surface area (Å²) in [6.45, 7) is 7.58. The van der Waals surface area contributed by atoms with Gasteiger partial charge in [-0.05, 0) is 24.7 Å². The average molecular weight is 301 g/mol. The summed E-state index contributed by atoms with van der Waals surface area (Å²) in [4.78, 5) is 17.6. The number of hydrogen-bond donors (Lipinski definition) is 1. The van der Waals surface area contributed by atoms with Crippen LogP contribution in [0.2, 0.25) is 0 Å². The molecule has 0 bridgehead atoms. The Balaban J connectivity index is 2.01. The van der Waals surface area contributed by atoms with Crippen LogP contribution in [0.4, 0.5) is 0 Å². The number of carbonyl (C=O) groups excluding carboxylic acids is 1. The number of carbonyl (C=O) groups is 1. The van der Waals surface area contributed by atoms with Crippen molar-refractivity contribution >= 4 is 5.91 Å². The van der Waals surface area contributed by atoms with E-state index in [1.54, 1.807) is 12.3 Å². The highest BCUT2D eigenvalue weighted by atomic mass is 16.4. The smallest absolute Gasteiger partial charge is 0.248 e. The van der Waals surface area contributed by atoms with Crippen molar-refractivity contribution in [2.24, 2.45) is 5.73 Å². The first-order valence-electron chi connectivity index (χ1n) is 7.28. The van der Waals surface area contributed by atoms with Crippen LogP contribution < -0.4 is 5.73 Å². The van der Waals surface area contributed by atoms with E-state index >= 15 is 0 Å². The quantitative estimate of drug-likeness (QED) is 0.921. The van der Waals surface area contributed by atoms with E-state index in [0.29, 0.717) is 24.5 Å². The van der Waals surface area contributed by atoms with Crippen molar-refractivity contribution in [2.45, 2.75) is 39.3 Å². The van der Waals surface area contributed by atoms with Gasteiger partial charge in [0, 0.05) is 17.5 Å². The number of benzene rings is 1. The highest BCUT2D eigenvalue weighted by molar-refractivity contribution is 5.92. The molecule has 5 heteroatoms. The van der Waals surface area contributed by atoms with Gasteiger partial charge < -0.3 is 10.2 Å². The van der Waals surface area contributed by atoms with Crippen LogP contribution in [0.1, 0.15) is 48.3 Å². The molecule has 0 aliphatic heterocycles. The third-order valence-electron chi connectivity index (χ3n) is 3.36. The second kappa shape index (κ2) is 6.32. The third kappa shape index (κ3) is 4.18. The maximum absolute atomic E-state index is 11.2. The van der Waals surface area contributed by atoms with Gasteiger partial charge in [-0.3, -0.25) is 9.69 Å². The Morgan fingerprint density at radius 3 is 2.64 bits per heavy atom. The topological polar surface area (TPSA) is 72.4 Å². The van der Waals surface area contributed by atoms with Crippen LogP contribution >= 0.6 is 0 Å². The van der Waals surface area contributed by atoms with E-state index in [1.165, 1.54) is 0 Å². The molecule has 22 heavy (non-hydrogen) atoms. The summed E-state index contributed by atoms with van der Waals surface area (Å²) in [6.07, 6.45) is 1.79. The Hall–Kier alpha value is -2.14. The minimum atomic E-state index is -0.410. The zero-order valence-corrected chi connectivity index (χ0v) is 13.6. The second-order valence-electron chi connectivity index (χ2n) is 6.61. The van der Waals surface area contributed by atoms with E-state index in [2.05, 4.69) is 30.7 Å². The summed E-state index contributed by atoms with van der Waals surface area (Å²) in [7, 11) is 1.98. The molecule has 0 fully saturated rings. The fourth-order valence-electron chi connectivity index (χ4n) is 2.15. The molecule has 0 unspecified atom stereocenters. The molecule has 2 aromatic rings. The average Bonchev–Trinajstić information content (AvgIpc) is 2.87. The fraction of sp³-hybridized carbons (Fsp3) is 0.412. The number of nitrogens with two attached hydrogens (primary N) is 1. The summed E-state index contributed by atoms with van der Waals surface area (Å²) < 4.78 is 5.79. The molecule has 1 amide bonds. The van der Waals surface area contributed by atoms with Crippen molar-refractivity contribution in [3.8, 4) is 0 Å². The fourth-order valence-corrected chi connectivity index (χ4v) is 2.15. The molecule has 2 N–H and O–H groups in total. The number of aromatic nitrogens is 1. The van der Waals surface area contributed by atoms with Crippen LogP contribution in [0.3, 0.4) is 0 Å². The number of primary amides is 1. The zero-order chi connectivity index (χ0) is 16.3. The first kappa shape index (κ1) is 16.2. The maximum Gasteiger partial charge on any atom is 0.248 e. The molecule has 0 saturated heterocycles. The SMILES string of the molecule is CN(Cc1cccc(C(N)=O)c1)Cc1ncc(C(C)(C)C)o1. The summed E-state index contributed by atoms with van der Waals surface area (Å²) >= 11 is 0. The number of hydrogen-bond acceptors (Lipinski definition) is 4. The molecule has 1 aromatic carbocycles. The van der Waals surface area contributed by atoms with E-state index in [0.717, 1.165) is 11.3 Å². The molecular weight excluding hydrogens is 278 g/mol. The summed E-state index contributed by atoms with van der Waals surface area (Å²) in [6, 6.07) is 7.34. The molecule has 5 nitrogen and oxygen atoms in total. The standard InChI is InChI=1S/C17H23N3O2/c1-17(2,3)14-9-19-15(22-14)11-20(4)10-12-6-5-7-13(8-12)16(18)21/h5-9H,10-11H2,1-4H3,(H2,18,21). The van der Waals surface area contributed by atoms with Crippen molar-refractivity contribution in [1.29, 1.82) is 0 Å². The van der Waals surface area contributed by atoms with Crippen molar-refractivity contribution < 1.29 is 9.21 Å². The lowest BCUT2D eigenvalue weighted by molar-refractivity contribution is 0.1000. The lowest BCUT2D eigenvalue weighted by atomic mass is 9.94. The molecule has 0 aliphatic rings. The highest BCUT2D eigenvalue weighted by Crippen LogP contribution is 2.23. The van der Waals surface area contributed by atoms with Gasteiger partial charge in [-0.25, -0.2) is 4.98 Å². The summed E-state index contributed by atoms with van der Waals surface area (Å²) in [5.74, 6) is 1.16. The van der Waals surface area contributed by atoms with Gasteiger partial charge in [0.15, 0.2) is 0 Å². The molecule has 0 radical (unpaired) electrons. The molecule has 0 atom stereocenters. The predicted molar refractivity (Wildman–Crippen MR) is 85.3 cm³/mol. The molecule has 2 rings (SSSR count). The van der Waals surface area contributed by atoms with Crippen LogP contribution in [0, 0.1) is 0 Å². The first-order valence-corrected chi connectivity index (χ1v) is 7.28. The molecule has 1 heterocycles. The Labute approximate surface area is 131 Å². The lowest BCUT2D eigenvalue weighted by Gasteiger charge is -2.16. The van der Waals surface area contributed by atoms with E-state index in [1.807, 2.05) is 25.2 Å². The van der Waals surface area contributed by atoms with Crippen LogP contribution in [0.15, 0.2) is 34.9 Å². The Morgan fingerprint density at radius 1 is 1.32 bits per heavy atom. The second-order valence-corrected chi connectivity index (χ2v) is 6.61. The summed E-state index contributed by atoms with van der Waals surface area (Å²) in [5.41, 5.74) is 6.82. The molecule has 1 aromatic heterocycles. The Kier molecular flexibility index (Phi) is 4.66. The van der Waals surface area contributed by atoms with Crippen LogP contribution in [-0.4, -0.2) is 22.8 Å². The minimum Gasteiger partial charge on any atom is -0.444 e. The highest BCUT2D eigenvalue weighted by Gasteiger charge is 2.19. The van der Waals surface area contributed by atoms with Crippen LogP contribution in [-0.2, 0) is 18.5 Å². The lowest BCUT2D eigenvalue weighted by Crippen LogP contribution is -2.18. The van der Waals surface area contributed by atoms with Gasteiger partial charge in [-0.2, -0.15) is 0 Å². The number of rotatable bonds is 5. The van der Waals surface area contributed by atoms with Crippen molar-refractivity contribution in [1.82, 2.24) is 9.88 Å². The van der Waals surface area contributed by atoms with Crippen LogP contribution in [0.5, 0.6) is 0 Å². The van der Waals surface area contributed by atoms with Crippen LogP contribution in [0.25, 0.3) is 0 Å². The van der Waals surface area contributed by atoms with E-state index in [-0.39, 0.29) is 5.41 Å². The molecule has 0 saturated carbocycles. The monoisotopic (exact) mass is 301 g/mol. The normalized spacial score (nSPS) is 11.9. The first-order chi connectivity index (χ1) is 10.3. The molecular formula is C17H23N3O2. The Bertz CT molecular complexity index is 656.